The van der Waals surface area contributed by atoms with Gasteiger partial charge >= 0.3 is 0 Å². The first-order chi connectivity index (χ1) is 14.1. The van der Waals surface area contributed by atoms with Gasteiger partial charge in [-0.1, -0.05) is 6.07 Å². The second-order valence-electron chi connectivity index (χ2n) is 6.80. The number of nitrogens with one attached hydrogen (secondary N) is 1. The Morgan fingerprint density at radius 1 is 1.10 bits per heavy atom. The van der Waals surface area contributed by atoms with Gasteiger partial charge in [-0.2, -0.15) is 4.31 Å². The highest BCUT2D eigenvalue weighted by Gasteiger charge is 2.34. The number of methoxy groups -OCH3 is 1. The fraction of sp³-hybridized carbons (Fsp3) is 0.316. The number of carbonyl (C=O) groups excluding carboxylic acids is 1. The normalized spacial score (nSPS) is 18.0. The van der Waals surface area contributed by atoms with Crippen molar-refractivity contribution in [3.05, 3.63) is 54.3 Å². The number of nitrogens with zero attached hydrogens (tertiary/aromatic N) is 1. The van der Waals surface area contributed by atoms with E-state index in [9.17, 15) is 26.0 Å². The lowest BCUT2D eigenvalue weighted by molar-refractivity contribution is -0.124. The molecule has 30 heavy (non-hydrogen) atoms. The molecule has 1 N–H and O–H groups in total. The number of carbonyl (C=O) groups is 1. The van der Waals surface area contributed by atoms with E-state index in [0.29, 0.717) is 18.6 Å². The third-order valence-corrected chi connectivity index (χ3v) is 8.02. The first kappa shape index (κ1) is 22.2. The van der Waals surface area contributed by atoms with Crippen molar-refractivity contribution in [2.75, 3.05) is 20.2 Å². The lowest BCUT2D eigenvalue weighted by Gasteiger charge is -2.31. The van der Waals surface area contributed by atoms with Crippen LogP contribution in [0.4, 0.5) is 4.39 Å². The Morgan fingerprint density at radius 3 is 2.47 bits per heavy atom. The predicted octanol–water partition coefficient (Wildman–Crippen LogP) is 1.74. The van der Waals surface area contributed by atoms with Crippen LogP contribution < -0.4 is 9.46 Å². The van der Waals surface area contributed by atoms with Crippen molar-refractivity contribution in [1.29, 1.82) is 0 Å². The Labute approximate surface area is 174 Å². The number of piperidine rings is 1. The second-order valence-corrected chi connectivity index (χ2v) is 10.4. The SMILES string of the molecule is COc1cccc(S(=O)(=O)NC(=O)C2CCCN(S(=O)(=O)c3ccc(F)cc3)C2)c1. The van der Waals surface area contributed by atoms with Crippen LogP contribution in [0.1, 0.15) is 12.8 Å². The van der Waals surface area contributed by atoms with E-state index >= 15 is 0 Å². The van der Waals surface area contributed by atoms with Crippen LogP contribution in [0.3, 0.4) is 0 Å². The van der Waals surface area contributed by atoms with Gasteiger partial charge in [-0.05, 0) is 49.2 Å². The number of hydrogen-bond acceptors (Lipinski definition) is 6. The average Bonchev–Trinajstić information content (AvgIpc) is 2.74. The fourth-order valence-electron chi connectivity index (χ4n) is 3.17. The van der Waals surface area contributed by atoms with Gasteiger partial charge in [0.05, 0.1) is 22.8 Å². The van der Waals surface area contributed by atoms with Gasteiger partial charge in [0.2, 0.25) is 15.9 Å². The number of amides is 1. The fourth-order valence-corrected chi connectivity index (χ4v) is 5.78. The number of hydrogen-bond donors (Lipinski definition) is 1. The Kier molecular flexibility index (Phi) is 6.44. The summed E-state index contributed by atoms with van der Waals surface area (Å²) in [6, 6.07) is 10.0. The lowest BCUT2D eigenvalue weighted by atomic mass is 9.99. The van der Waals surface area contributed by atoms with Gasteiger partial charge in [0, 0.05) is 19.2 Å². The van der Waals surface area contributed by atoms with Gasteiger partial charge in [-0.15, -0.1) is 0 Å². The summed E-state index contributed by atoms with van der Waals surface area (Å²) in [7, 11) is -6.68. The standard InChI is InChI=1S/C19H21FN2O6S2/c1-28-16-5-2-6-18(12-16)29(24,25)21-19(23)14-4-3-11-22(13-14)30(26,27)17-9-7-15(20)8-10-17/h2,5-10,12,14H,3-4,11,13H2,1H3,(H,21,23). The first-order valence-electron chi connectivity index (χ1n) is 9.10. The summed E-state index contributed by atoms with van der Waals surface area (Å²) < 4.78 is 71.9. The number of sulfonamides is 2. The van der Waals surface area contributed by atoms with E-state index in [2.05, 4.69) is 0 Å². The van der Waals surface area contributed by atoms with Crippen LogP contribution in [0.2, 0.25) is 0 Å². The van der Waals surface area contributed by atoms with E-state index in [1.54, 1.807) is 6.07 Å². The van der Waals surface area contributed by atoms with Crippen molar-refractivity contribution in [2.24, 2.45) is 5.92 Å². The molecule has 0 aromatic heterocycles. The van der Waals surface area contributed by atoms with Crippen LogP contribution in [0, 0.1) is 11.7 Å². The zero-order chi connectivity index (χ0) is 21.9. The maximum Gasteiger partial charge on any atom is 0.264 e. The van der Waals surface area contributed by atoms with Crippen molar-refractivity contribution < 1.29 is 30.8 Å². The van der Waals surface area contributed by atoms with E-state index in [1.165, 1.54) is 25.3 Å². The Balaban J connectivity index is 1.74. The molecule has 0 bridgehead atoms. The predicted molar refractivity (Wildman–Crippen MR) is 106 cm³/mol. The molecule has 1 atom stereocenters. The summed E-state index contributed by atoms with van der Waals surface area (Å²) in [6.07, 6.45) is 0.729. The zero-order valence-electron chi connectivity index (χ0n) is 16.1. The summed E-state index contributed by atoms with van der Waals surface area (Å²) in [5.41, 5.74) is 0. The van der Waals surface area contributed by atoms with Crippen LogP contribution in [0.5, 0.6) is 5.75 Å². The molecule has 1 heterocycles. The minimum atomic E-state index is -4.14. The van der Waals surface area contributed by atoms with Crippen molar-refractivity contribution in [1.82, 2.24) is 9.03 Å². The zero-order valence-corrected chi connectivity index (χ0v) is 17.7. The lowest BCUT2D eigenvalue weighted by Crippen LogP contribution is -2.46. The average molecular weight is 457 g/mol. The van der Waals surface area contributed by atoms with E-state index in [4.69, 9.17) is 4.74 Å². The Bertz CT molecular complexity index is 1130. The number of rotatable bonds is 6. The molecule has 1 aliphatic rings. The molecule has 162 valence electrons. The topological polar surface area (TPSA) is 110 Å². The quantitative estimate of drug-likeness (QED) is 0.709. The molecule has 8 nitrogen and oxygen atoms in total. The van der Waals surface area contributed by atoms with Crippen LogP contribution in [-0.4, -0.2) is 47.2 Å². The van der Waals surface area contributed by atoms with Crippen LogP contribution in [-0.2, 0) is 24.8 Å². The summed E-state index contributed by atoms with van der Waals surface area (Å²) in [5, 5.41) is 0. The molecule has 0 saturated carbocycles. The molecular weight excluding hydrogens is 435 g/mol. The van der Waals surface area contributed by atoms with Gasteiger partial charge in [-0.25, -0.2) is 25.9 Å². The van der Waals surface area contributed by atoms with Crippen LogP contribution >= 0.6 is 0 Å². The van der Waals surface area contributed by atoms with Gasteiger partial charge in [0.25, 0.3) is 10.0 Å². The van der Waals surface area contributed by atoms with Crippen molar-refractivity contribution in [2.45, 2.75) is 22.6 Å². The highest BCUT2D eigenvalue weighted by molar-refractivity contribution is 7.90. The third-order valence-electron chi connectivity index (χ3n) is 4.79. The minimum absolute atomic E-state index is 0.0889. The molecule has 0 spiro atoms. The minimum Gasteiger partial charge on any atom is -0.497 e. The van der Waals surface area contributed by atoms with Crippen molar-refractivity contribution in [3.8, 4) is 5.75 Å². The second kappa shape index (κ2) is 8.70. The highest BCUT2D eigenvalue weighted by Crippen LogP contribution is 2.25. The Hall–Kier alpha value is -2.50. The molecule has 1 fully saturated rings. The molecule has 11 heteroatoms. The highest BCUT2D eigenvalue weighted by atomic mass is 32.2. The van der Waals surface area contributed by atoms with Gasteiger partial charge < -0.3 is 4.74 Å². The molecule has 0 aliphatic carbocycles. The largest absolute Gasteiger partial charge is 0.497 e. The summed E-state index contributed by atoms with van der Waals surface area (Å²) in [5.74, 6) is -1.86. The van der Waals surface area contributed by atoms with E-state index in [1.807, 2.05) is 4.72 Å². The molecule has 1 saturated heterocycles. The molecule has 2 aromatic carbocycles. The van der Waals surface area contributed by atoms with Crippen LogP contribution in [0.25, 0.3) is 0 Å². The summed E-state index contributed by atoms with van der Waals surface area (Å²) in [4.78, 5) is 12.4. The maximum atomic E-state index is 13.1. The molecular formula is C19H21FN2O6S2. The van der Waals surface area contributed by atoms with E-state index in [-0.39, 0.29) is 22.9 Å². The van der Waals surface area contributed by atoms with E-state index in [0.717, 1.165) is 28.6 Å². The van der Waals surface area contributed by atoms with E-state index < -0.39 is 37.7 Å². The number of benzene rings is 2. The van der Waals surface area contributed by atoms with Crippen molar-refractivity contribution >= 4 is 26.0 Å². The summed E-state index contributed by atoms with van der Waals surface area (Å²) in [6.45, 7) is 0.0191. The monoisotopic (exact) mass is 456 g/mol. The number of halogens is 1. The Morgan fingerprint density at radius 2 is 1.80 bits per heavy atom. The molecule has 1 unspecified atom stereocenters. The third kappa shape index (κ3) is 4.79. The maximum absolute atomic E-state index is 13.1. The molecule has 0 radical (unpaired) electrons. The molecule has 2 aromatic rings. The van der Waals surface area contributed by atoms with Crippen molar-refractivity contribution in [3.63, 3.8) is 0 Å². The van der Waals surface area contributed by atoms with Gasteiger partial charge in [-0.3, -0.25) is 4.79 Å². The summed E-state index contributed by atoms with van der Waals surface area (Å²) >= 11 is 0. The number of ether oxygens (including phenoxy) is 1. The first-order valence-corrected chi connectivity index (χ1v) is 12.0. The smallest absolute Gasteiger partial charge is 0.264 e. The van der Waals surface area contributed by atoms with Gasteiger partial charge in [0.1, 0.15) is 11.6 Å². The molecule has 1 amide bonds. The molecule has 3 rings (SSSR count). The van der Waals surface area contributed by atoms with Crippen LogP contribution in [0.15, 0.2) is 58.3 Å². The van der Waals surface area contributed by atoms with Gasteiger partial charge in [0.15, 0.2) is 0 Å². The molecule has 1 aliphatic heterocycles.